The fourth-order valence-electron chi connectivity index (χ4n) is 1.93. The van der Waals surface area contributed by atoms with E-state index >= 15 is 0 Å². The fraction of sp³-hybridized carbons (Fsp3) is 0.778. The predicted octanol–water partition coefficient (Wildman–Crippen LogP) is 0.210. The molecule has 1 aliphatic carbocycles. The second-order valence-electron chi connectivity index (χ2n) is 4.25. The van der Waals surface area contributed by atoms with Crippen LogP contribution < -0.4 is 4.90 Å². The summed E-state index contributed by atoms with van der Waals surface area (Å²) in [5.74, 6) is 1.41. The standard InChI is InChI=1S/C9H13N5O/c15-8(6-7-2-3-7)13-4-1-5-14-9(13)10-11-12-14/h7H,1-6H2. The van der Waals surface area contributed by atoms with Gasteiger partial charge in [-0.1, -0.05) is 5.10 Å². The Hall–Kier alpha value is -1.46. The van der Waals surface area contributed by atoms with Gasteiger partial charge in [-0.15, -0.1) is 0 Å². The molecule has 1 fully saturated rings. The number of fused-ring (bicyclic) bond motifs is 1. The van der Waals surface area contributed by atoms with E-state index in [9.17, 15) is 4.79 Å². The monoisotopic (exact) mass is 207 g/mol. The summed E-state index contributed by atoms with van der Waals surface area (Å²) in [6.45, 7) is 1.57. The number of carbonyl (C=O) groups is 1. The van der Waals surface area contributed by atoms with Gasteiger partial charge in [0.15, 0.2) is 0 Å². The van der Waals surface area contributed by atoms with Gasteiger partial charge < -0.3 is 0 Å². The number of carbonyl (C=O) groups excluding carboxylic acids is 1. The third kappa shape index (κ3) is 1.60. The molecule has 0 unspecified atom stereocenters. The van der Waals surface area contributed by atoms with Crippen molar-refractivity contribution in [1.82, 2.24) is 20.2 Å². The van der Waals surface area contributed by atoms with Crippen molar-refractivity contribution in [2.45, 2.75) is 32.2 Å². The number of hydrogen-bond acceptors (Lipinski definition) is 4. The van der Waals surface area contributed by atoms with E-state index in [1.807, 2.05) is 0 Å². The van der Waals surface area contributed by atoms with Crippen LogP contribution in [0.1, 0.15) is 25.7 Å². The largest absolute Gasteiger partial charge is 0.279 e. The Morgan fingerprint density at radius 2 is 2.27 bits per heavy atom. The van der Waals surface area contributed by atoms with Crippen LogP contribution in [0.15, 0.2) is 0 Å². The molecule has 6 heteroatoms. The lowest BCUT2D eigenvalue weighted by molar-refractivity contribution is -0.119. The highest BCUT2D eigenvalue weighted by atomic mass is 16.2. The maximum absolute atomic E-state index is 11.9. The van der Waals surface area contributed by atoms with Gasteiger partial charge in [-0.3, -0.25) is 9.69 Å². The van der Waals surface area contributed by atoms with Crippen LogP contribution in [0.25, 0.3) is 0 Å². The van der Waals surface area contributed by atoms with Crippen molar-refractivity contribution in [3.63, 3.8) is 0 Å². The Labute approximate surface area is 87.2 Å². The number of nitrogens with zero attached hydrogens (tertiary/aromatic N) is 5. The molecule has 1 aromatic rings. The van der Waals surface area contributed by atoms with Crippen LogP contribution >= 0.6 is 0 Å². The van der Waals surface area contributed by atoms with Crippen molar-refractivity contribution >= 4 is 11.9 Å². The zero-order valence-corrected chi connectivity index (χ0v) is 8.46. The minimum atomic E-state index is 0.174. The number of aromatic nitrogens is 4. The first-order chi connectivity index (χ1) is 7.34. The number of tetrazole rings is 1. The van der Waals surface area contributed by atoms with Gasteiger partial charge in [0.05, 0.1) is 0 Å². The summed E-state index contributed by atoms with van der Waals surface area (Å²) in [6.07, 6.45) is 4.00. The summed E-state index contributed by atoms with van der Waals surface area (Å²) in [5, 5.41) is 11.3. The zero-order chi connectivity index (χ0) is 10.3. The summed E-state index contributed by atoms with van der Waals surface area (Å²) in [5.41, 5.74) is 0. The Bertz CT molecular complexity index is 384. The van der Waals surface area contributed by atoms with Gasteiger partial charge in [-0.2, -0.15) is 0 Å². The maximum Gasteiger partial charge on any atom is 0.252 e. The van der Waals surface area contributed by atoms with Crippen LogP contribution in [0.2, 0.25) is 0 Å². The van der Waals surface area contributed by atoms with Crippen LogP contribution in [0, 0.1) is 5.92 Å². The van der Waals surface area contributed by atoms with E-state index in [0.717, 1.165) is 19.5 Å². The number of hydrogen-bond donors (Lipinski definition) is 0. The molecule has 1 aliphatic heterocycles. The molecule has 1 aromatic heterocycles. The Morgan fingerprint density at radius 1 is 1.40 bits per heavy atom. The van der Waals surface area contributed by atoms with Crippen LogP contribution in [0.5, 0.6) is 0 Å². The Morgan fingerprint density at radius 3 is 3.07 bits per heavy atom. The van der Waals surface area contributed by atoms with Crippen molar-refractivity contribution in [2.24, 2.45) is 5.92 Å². The lowest BCUT2D eigenvalue weighted by Crippen LogP contribution is -2.38. The summed E-state index contributed by atoms with van der Waals surface area (Å²) >= 11 is 0. The van der Waals surface area contributed by atoms with E-state index in [2.05, 4.69) is 15.5 Å². The fourth-order valence-corrected chi connectivity index (χ4v) is 1.93. The average molecular weight is 207 g/mol. The summed E-state index contributed by atoms with van der Waals surface area (Å²) in [7, 11) is 0. The first-order valence-electron chi connectivity index (χ1n) is 5.41. The van der Waals surface area contributed by atoms with Crippen molar-refractivity contribution in [3.05, 3.63) is 0 Å². The molecule has 0 N–H and O–H groups in total. The van der Waals surface area contributed by atoms with E-state index in [1.165, 1.54) is 12.8 Å². The molecule has 1 saturated carbocycles. The van der Waals surface area contributed by atoms with Gasteiger partial charge in [-0.25, -0.2) is 4.68 Å². The van der Waals surface area contributed by atoms with Crippen molar-refractivity contribution < 1.29 is 4.79 Å². The molecule has 6 nitrogen and oxygen atoms in total. The van der Waals surface area contributed by atoms with Crippen molar-refractivity contribution in [2.75, 3.05) is 11.4 Å². The molecule has 0 radical (unpaired) electrons. The minimum Gasteiger partial charge on any atom is -0.279 e. The topological polar surface area (TPSA) is 63.9 Å². The molecule has 0 aromatic carbocycles. The summed E-state index contributed by atoms with van der Waals surface area (Å²) < 4.78 is 1.70. The van der Waals surface area contributed by atoms with Crippen LogP contribution in [0.3, 0.4) is 0 Å². The molecule has 15 heavy (non-hydrogen) atoms. The second-order valence-corrected chi connectivity index (χ2v) is 4.25. The molecule has 2 aliphatic rings. The van der Waals surface area contributed by atoms with E-state index in [4.69, 9.17) is 0 Å². The molecule has 1 amide bonds. The highest BCUT2D eigenvalue weighted by Gasteiger charge is 2.30. The average Bonchev–Trinajstić information content (AvgIpc) is 2.93. The van der Waals surface area contributed by atoms with Gasteiger partial charge in [0, 0.05) is 19.5 Å². The molecule has 2 heterocycles. The smallest absolute Gasteiger partial charge is 0.252 e. The first kappa shape index (κ1) is 8.82. The molecule has 0 spiro atoms. The Balaban J connectivity index is 1.79. The number of amides is 1. The highest BCUT2D eigenvalue weighted by molar-refractivity contribution is 5.92. The van der Waals surface area contributed by atoms with E-state index in [0.29, 0.717) is 18.3 Å². The van der Waals surface area contributed by atoms with Crippen molar-refractivity contribution in [3.8, 4) is 0 Å². The van der Waals surface area contributed by atoms with Crippen molar-refractivity contribution in [1.29, 1.82) is 0 Å². The molecule has 80 valence electrons. The quantitative estimate of drug-likeness (QED) is 0.695. The van der Waals surface area contributed by atoms with Crippen LogP contribution in [0.4, 0.5) is 5.95 Å². The van der Waals surface area contributed by atoms with Gasteiger partial charge in [0.25, 0.3) is 5.95 Å². The Kier molecular flexibility index (Phi) is 1.93. The first-order valence-corrected chi connectivity index (χ1v) is 5.41. The van der Waals surface area contributed by atoms with E-state index in [-0.39, 0.29) is 5.91 Å². The predicted molar refractivity (Wildman–Crippen MR) is 52.1 cm³/mol. The highest BCUT2D eigenvalue weighted by Crippen LogP contribution is 2.33. The maximum atomic E-state index is 11.9. The second kappa shape index (κ2) is 3.29. The molecular weight excluding hydrogens is 194 g/mol. The zero-order valence-electron chi connectivity index (χ0n) is 8.46. The van der Waals surface area contributed by atoms with Gasteiger partial charge >= 0.3 is 0 Å². The molecule has 0 atom stereocenters. The molecule has 0 bridgehead atoms. The van der Waals surface area contributed by atoms with Gasteiger partial charge in [-0.05, 0) is 35.6 Å². The lowest BCUT2D eigenvalue weighted by atomic mass is 10.2. The SMILES string of the molecule is O=C(CC1CC1)N1CCCn2nnnc21. The molecule has 0 saturated heterocycles. The van der Waals surface area contributed by atoms with Crippen LogP contribution in [-0.4, -0.2) is 32.7 Å². The summed E-state index contributed by atoms with van der Waals surface area (Å²) in [4.78, 5) is 13.7. The number of rotatable bonds is 2. The normalized spacial score (nSPS) is 20.1. The third-order valence-corrected chi connectivity index (χ3v) is 2.97. The summed E-state index contributed by atoms with van der Waals surface area (Å²) in [6, 6.07) is 0. The lowest BCUT2D eigenvalue weighted by Gasteiger charge is -2.25. The van der Waals surface area contributed by atoms with E-state index < -0.39 is 0 Å². The van der Waals surface area contributed by atoms with Crippen LogP contribution in [-0.2, 0) is 11.3 Å². The van der Waals surface area contributed by atoms with E-state index in [1.54, 1.807) is 9.58 Å². The minimum absolute atomic E-state index is 0.174. The van der Waals surface area contributed by atoms with Gasteiger partial charge in [0.1, 0.15) is 0 Å². The molecular formula is C9H13N5O. The molecule has 3 rings (SSSR count). The van der Waals surface area contributed by atoms with Gasteiger partial charge in [0.2, 0.25) is 5.91 Å². The number of aryl methyl sites for hydroxylation is 1. The third-order valence-electron chi connectivity index (χ3n) is 2.97. The number of anilines is 1.